The van der Waals surface area contributed by atoms with Crippen LogP contribution in [0, 0.1) is 17.3 Å². The van der Waals surface area contributed by atoms with Crippen LogP contribution in [0.2, 0.25) is 0 Å². The first-order valence-electron chi connectivity index (χ1n) is 16.8. The molecule has 1 heterocycles. The van der Waals surface area contributed by atoms with Gasteiger partial charge >= 0.3 is 21.3 Å². The van der Waals surface area contributed by atoms with Gasteiger partial charge in [0.05, 0.1) is 22.5 Å². The minimum atomic E-state index is -5.88. The predicted molar refractivity (Wildman–Crippen MR) is 192 cm³/mol. The fourth-order valence-corrected chi connectivity index (χ4v) is 10.2. The van der Waals surface area contributed by atoms with Gasteiger partial charge in [-0.3, -0.25) is 9.35 Å². The lowest BCUT2D eigenvalue weighted by atomic mass is 9.48. The van der Waals surface area contributed by atoms with Crippen LogP contribution >= 0.6 is 23.1 Å². The van der Waals surface area contributed by atoms with E-state index in [1.807, 2.05) is 17.8 Å². The van der Waals surface area contributed by atoms with Crippen molar-refractivity contribution in [3.63, 3.8) is 0 Å². The van der Waals surface area contributed by atoms with E-state index in [-0.39, 0.29) is 18.3 Å². The van der Waals surface area contributed by atoms with Gasteiger partial charge < -0.3 is 19.3 Å². The smallest absolute Gasteiger partial charge is 0.400 e. The second-order valence-corrected chi connectivity index (χ2v) is 17.3. The third-order valence-corrected chi connectivity index (χ3v) is 12.9. The number of carbonyl (C=O) groups excluding carboxylic acids is 1. The highest BCUT2D eigenvalue weighted by molar-refractivity contribution is 7.98. The molecule has 4 aliphatic carbocycles. The fraction of sp³-hybridized carbons (Fsp3) is 0.541. The Morgan fingerprint density at radius 2 is 1.65 bits per heavy atom. The normalized spacial score (nSPS) is 24.9. The van der Waals surface area contributed by atoms with Crippen LogP contribution in [-0.2, 0) is 41.3 Å². The number of halogens is 3. The molecule has 8 nitrogen and oxygen atoms in total. The van der Waals surface area contributed by atoms with Crippen LogP contribution in [0.15, 0.2) is 66.0 Å². The third-order valence-electron chi connectivity index (χ3n) is 10.3. The Morgan fingerprint density at radius 3 is 2.20 bits per heavy atom. The van der Waals surface area contributed by atoms with Gasteiger partial charge in [0.25, 0.3) is 0 Å². The van der Waals surface area contributed by atoms with Crippen LogP contribution in [-0.4, -0.2) is 73.9 Å². The Hall–Kier alpha value is -2.46. The molecule has 0 aliphatic heterocycles. The molecule has 4 aliphatic rings. The SMILES string of the molecule is COC(OC)(c1ccc(CCSC)cc1)c1cc(-c2ccccc2)cs1.O=C(OCCC(F)C(F)(F)S(=O)(=O)O)C12CC3CC(CC(O)(C3)C1)C2. The Bertz CT molecular complexity index is 1710. The van der Waals surface area contributed by atoms with Gasteiger partial charge in [-0.2, -0.15) is 29.0 Å². The van der Waals surface area contributed by atoms with Crippen molar-refractivity contribution >= 4 is 39.2 Å². The molecule has 0 radical (unpaired) electrons. The lowest BCUT2D eigenvalue weighted by Gasteiger charge is -2.58. The molecular weight excluding hydrogens is 726 g/mol. The van der Waals surface area contributed by atoms with E-state index in [9.17, 15) is 31.5 Å². The van der Waals surface area contributed by atoms with Crippen LogP contribution in [0.3, 0.4) is 0 Å². The van der Waals surface area contributed by atoms with Crippen molar-refractivity contribution in [1.82, 2.24) is 0 Å². The maximum atomic E-state index is 13.4. The molecule has 1 aromatic heterocycles. The summed E-state index contributed by atoms with van der Waals surface area (Å²) in [6.45, 7) is -0.722. The number of alkyl halides is 3. The zero-order valence-electron chi connectivity index (χ0n) is 28.9. The minimum Gasteiger partial charge on any atom is -0.465 e. The number of hydrogen-bond donors (Lipinski definition) is 2. The molecule has 4 fully saturated rings. The number of methoxy groups -OCH3 is 2. The largest absolute Gasteiger partial charge is 0.465 e. The van der Waals surface area contributed by atoms with E-state index in [0.717, 1.165) is 29.0 Å². The second-order valence-electron chi connectivity index (χ2n) is 13.9. The molecule has 4 saturated carbocycles. The topological polar surface area (TPSA) is 119 Å². The van der Waals surface area contributed by atoms with Crippen molar-refractivity contribution in [3.05, 3.63) is 82.0 Å². The minimum absolute atomic E-state index is 0.219. The van der Waals surface area contributed by atoms with Crippen molar-refractivity contribution in [2.24, 2.45) is 17.3 Å². The number of benzene rings is 2. The van der Waals surface area contributed by atoms with Crippen molar-refractivity contribution in [2.75, 3.05) is 32.8 Å². The molecule has 3 unspecified atom stereocenters. The Balaban J connectivity index is 0.000000198. The summed E-state index contributed by atoms with van der Waals surface area (Å²) in [6, 6.07) is 21.1. The number of carbonyl (C=O) groups is 1. The van der Waals surface area contributed by atoms with Crippen LogP contribution in [0.4, 0.5) is 13.2 Å². The second kappa shape index (κ2) is 15.9. The zero-order chi connectivity index (χ0) is 37.1. The maximum absolute atomic E-state index is 13.4. The number of thioether (sulfide) groups is 1. The van der Waals surface area contributed by atoms with Gasteiger partial charge in [-0.15, -0.1) is 11.3 Å². The molecule has 7 rings (SSSR count). The van der Waals surface area contributed by atoms with Crippen LogP contribution in [0.25, 0.3) is 11.1 Å². The van der Waals surface area contributed by atoms with Crippen LogP contribution in [0.5, 0.6) is 0 Å². The van der Waals surface area contributed by atoms with E-state index >= 15 is 0 Å². The van der Waals surface area contributed by atoms with Crippen molar-refractivity contribution in [1.29, 1.82) is 0 Å². The van der Waals surface area contributed by atoms with E-state index in [1.54, 1.807) is 25.6 Å². The molecule has 2 N–H and O–H groups in total. The summed E-state index contributed by atoms with van der Waals surface area (Å²) in [5, 5.41) is 7.77. The van der Waals surface area contributed by atoms with Crippen LogP contribution < -0.4 is 0 Å². The van der Waals surface area contributed by atoms with E-state index in [1.165, 1.54) is 16.7 Å². The first-order valence-corrected chi connectivity index (χ1v) is 20.5. The highest BCUT2D eigenvalue weighted by atomic mass is 32.2. The van der Waals surface area contributed by atoms with Gasteiger partial charge in [-0.05, 0) is 96.9 Å². The standard InChI is InChI=1S/C22H24O2S2.C15H21F3O6S/c1-23-22(24-2,20-11-9-17(10-12-20)13-14-25-3)21-15-19(16-26-21)18-7-5-4-6-8-18;16-11(15(17,18)25(21,22)23)1-2-24-12(19)13-4-9-3-10(5-13)7-14(20,6-9)8-13/h4-12,15-16H,13-14H2,1-3H3;9-11,20H,1-8H2,(H,21,22,23). The molecule has 3 aromatic rings. The molecule has 4 bridgehead atoms. The van der Waals surface area contributed by atoms with E-state index in [4.69, 9.17) is 18.8 Å². The third kappa shape index (κ3) is 8.53. The number of thiophene rings is 1. The monoisotopic (exact) mass is 770 g/mol. The van der Waals surface area contributed by atoms with Gasteiger partial charge in [0.1, 0.15) is 0 Å². The summed E-state index contributed by atoms with van der Waals surface area (Å²) in [6.07, 6.45) is 2.59. The molecule has 0 amide bonds. The van der Waals surface area contributed by atoms with E-state index < -0.39 is 57.3 Å². The molecule has 51 heavy (non-hydrogen) atoms. The number of rotatable bonds is 14. The first kappa shape index (κ1) is 39.7. The summed E-state index contributed by atoms with van der Waals surface area (Å²) in [5.74, 6) is 0.0377. The van der Waals surface area contributed by atoms with Crippen LogP contribution in [0.1, 0.15) is 60.9 Å². The summed E-state index contributed by atoms with van der Waals surface area (Å²) in [4.78, 5) is 13.5. The van der Waals surface area contributed by atoms with Gasteiger partial charge in [-0.25, -0.2) is 4.39 Å². The van der Waals surface area contributed by atoms with E-state index in [0.29, 0.717) is 25.7 Å². The number of ether oxygens (including phenoxy) is 3. The first-order chi connectivity index (χ1) is 24.1. The van der Waals surface area contributed by atoms with E-state index in [2.05, 4.69) is 66.2 Å². The molecular formula is C37H45F3O8S3. The predicted octanol–water partition coefficient (Wildman–Crippen LogP) is 7.88. The van der Waals surface area contributed by atoms with Crippen molar-refractivity contribution in [2.45, 2.75) is 74.2 Å². The average molecular weight is 771 g/mol. The molecule has 2 aromatic carbocycles. The summed E-state index contributed by atoms with van der Waals surface area (Å²) < 4.78 is 85.8. The highest BCUT2D eigenvalue weighted by Gasteiger charge is 2.61. The quantitative estimate of drug-likeness (QED) is 0.0959. The molecule has 0 saturated heterocycles. The fourth-order valence-electron chi connectivity index (χ4n) is 8.25. The van der Waals surface area contributed by atoms with Crippen molar-refractivity contribution < 1.29 is 50.3 Å². The average Bonchev–Trinajstić information content (AvgIpc) is 3.58. The number of esters is 1. The molecule has 14 heteroatoms. The molecule has 280 valence electrons. The van der Waals surface area contributed by atoms with Gasteiger partial charge in [-0.1, -0.05) is 54.6 Å². The lowest BCUT2D eigenvalue weighted by Crippen LogP contribution is -2.58. The summed E-state index contributed by atoms with van der Waals surface area (Å²) in [5.41, 5.74) is 2.96. The lowest BCUT2D eigenvalue weighted by molar-refractivity contribution is -0.196. The molecule has 3 atom stereocenters. The summed E-state index contributed by atoms with van der Waals surface area (Å²) >= 11 is 3.53. The molecule has 0 spiro atoms. The Kier molecular flexibility index (Phi) is 12.4. The number of aryl methyl sites for hydroxylation is 1. The number of aliphatic hydroxyl groups is 1. The van der Waals surface area contributed by atoms with Gasteiger partial charge in [0.2, 0.25) is 5.79 Å². The number of hydrogen-bond acceptors (Lipinski definition) is 9. The Morgan fingerprint density at radius 1 is 1.02 bits per heavy atom. The Labute approximate surface area is 305 Å². The maximum Gasteiger partial charge on any atom is 0.400 e. The van der Waals surface area contributed by atoms with Gasteiger partial charge in [0, 0.05) is 26.2 Å². The van der Waals surface area contributed by atoms with Gasteiger partial charge in [0.15, 0.2) is 6.17 Å². The highest BCUT2D eigenvalue weighted by Crippen LogP contribution is 2.62. The zero-order valence-corrected chi connectivity index (χ0v) is 31.3. The van der Waals surface area contributed by atoms with Crippen molar-refractivity contribution in [3.8, 4) is 11.1 Å². The summed E-state index contributed by atoms with van der Waals surface area (Å²) in [7, 11) is -2.48.